The van der Waals surface area contributed by atoms with Crippen LogP contribution in [0, 0.1) is 5.82 Å². The molecule has 0 bridgehead atoms. The number of ether oxygens (including phenoxy) is 1. The maximum atomic E-state index is 13.4. The van der Waals surface area contributed by atoms with Crippen molar-refractivity contribution in [1.29, 1.82) is 0 Å². The number of amides is 1. The number of hydrogen-bond acceptors (Lipinski definition) is 5. The fourth-order valence-corrected chi connectivity index (χ4v) is 4.06. The van der Waals surface area contributed by atoms with Gasteiger partial charge in [0.2, 0.25) is 0 Å². The second kappa shape index (κ2) is 9.46. The first-order valence-corrected chi connectivity index (χ1v) is 10.6. The molecule has 0 unspecified atom stereocenters. The first-order valence-electron chi connectivity index (χ1n) is 10.6. The number of nitrogens with zero attached hydrogens (tertiary/aromatic N) is 2. The lowest BCUT2D eigenvalue weighted by Crippen LogP contribution is -2.43. The number of H-pyrrole nitrogens is 1. The van der Waals surface area contributed by atoms with Crippen molar-refractivity contribution in [2.24, 2.45) is 0 Å². The number of benzene rings is 2. The van der Waals surface area contributed by atoms with Crippen molar-refractivity contribution in [2.45, 2.75) is 19.5 Å². The molecule has 1 amide bonds. The number of nitrogens with one attached hydrogen (secondary N) is 2. The van der Waals surface area contributed by atoms with Crippen molar-refractivity contribution in [3.8, 4) is 0 Å². The summed E-state index contributed by atoms with van der Waals surface area (Å²) in [7, 11) is 0. The first kappa shape index (κ1) is 21.9. The summed E-state index contributed by atoms with van der Waals surface area (Å²) in [6, 6.07) is 11.0. The summed E-state index contributed by atoms with van der Waals surface area (Å²) in [6.07, 6.45) is 0. The van der Waals surface area contributed by atoms with E-state index in [0.717, 1.165) is 5.56 Å². The van der Waals surface area contributed by atoms with Gasteiger partial charge in [0, 0.05) is 31.7 Å². The van der Waals surface area contributed by atoms with Crippen molar-refractivity contribution >= 4 is 16.9 Å². The summed E-state index contributed by atoms with van der Waals surface area (Å²) in [5.41, 5.74) is 0.918. The van der Waals surface area contributed by atoms with E-state index in [2.05, 4.69) is 15.2 Å². The van der Waals surface area contributed by atoms with Gasteiger partial charge in [-0.25, -0.2) is 4.39 Å². The van der Waals surface area contributed by atoms with Gasteiger partial charge in [-0.05, 0) is 42.8 Å². The number of fused-ring (bicyclic) bond motifs is 1. The molecule has 0 saturated carbocycles. The second-order valence-corrected chi connectivity index (χ2v) is 7.66. The number of aromatic amines is 1. The van der Waals surface area contributed by atoms with Crippen molar-refractivity contribution in [1.82, 2.24) is 19.8 Å². The monoisotopic (exact) mass is 440 g/mol. The van der Waals surface area contributed by atoms with Crippen LogP contribution in [0.2, 0.25) is 0 Å². The number of carbonyl (C=O) groups excluding carboxylic acids is 1. The van der Waals surface area contributed by atoms with Gasteiger partial charge in [0.05, 0.1) is 30.3 Å². The van der Waals surface area contributed by atoms with E-state index >= 15 is 0 Å². The smallest absolute Gasteiger partial charge is 0.316 e. The van der Waals surface area contributed by atoms with Crippen LogP contribution in [0.25, 0.3) is 11.0 Å². The minimum absolute atomic E-state index is 0.131. The van der Waals surface area contributed by atoms with Crippen LogP contribution in [0.4, 0.5) is 4.39 Å². The highest BCUT2D eigenvalue weighted by Crippen LogP contribution is 2.22. The maximum absolute atomic E-state index is 13.4. The Kier molecular flexibility index (Phi) is 6.48. The van der Waals surface area contributed by atoms with E-state index in [-0.39, 0.29) is 17.8 Å². The molecular weight excluding hydrogens is 415 g/mol. The lowest BCUT2D eigenvalue weighted by Gasteiger charge is -2.35. The number of aromatic nitrogens is 2. The summed E-state index contributed by atoms with van der Waals surface area (Å²) in [5, 5.41) is 2.95. The van der Waals surface area contributed by atoms with E-state index in [1.807, 2.05) is 0 Å². The average Bonchev–Trinajstić information content (AvgIpc) is 2.81. The quantitative estimate of drug-likeness (QED) is 0.569. The molecule has 2 N–H and O–H groups in total. The minimum Gasteiger partial charge on any atom is -0.379 e. The molecule has 0 aliphatic carbocycles. The summed E-state index contributed by atoms with van der Waals surface area (Å²) in [4.78, 5) is 41.6. The predicted octanol–water partition coefficient (Wildman–Crippen LogP) is 1.65. The lowest BCUT2D eigenvalue weighted by molar-refractivity contribution is 0.0162. The van der Waals surface area contributed by atoms with Gasteiger partial charge in [-0.1, -0.05) is 12.1 Å². The van der Waals surface area contributed by atoms with E-state index < -0.39 is 11.1 Å². The molecule has 8 nitrogen and oxygen atoms in total. The molecular formula is C23H25FN4O4. The summed E-state index contributed by atoms with van der Waals surface area (Å²) < 4.78 is 20.2. The average molecular weight is 440 g/mol. The van der Waals surface area contributed by atoms with Gasteiger partial charge >= 0.3 is 11.1 Å². The topological polar surface area (TPSA) is 96.4 Å². The Bertz CT molecular complexity index is 1230. The third-order valence-corrected chi connectivity index (χ3v) is 5.75. The third-order valence-electron chi connectivity index (χ3n) is 5.75. The molecule has 1 fully saturated rings. The molecule has 1 atom stereocenters. The Labute approximate surface area is 183 Å². The zero-order chi connectivity index (χ0) is 22.7. The zero-order valence-electron chi connectivity index (χ0n) is 17.8. The second-order valence-electron chi connectivity index (χ2n) is 7.66. The number of hydrogen-bond donors (Lipinski definition) is 2. The number of aryl methyl sites for hydroxylation is 1. The molecule has 168 valence electrons. The van der Waals surface area contributed by atoms with Crippen LogP contribution in [0.5, 0.6) is 0 Å². The van der Waals surface area contributed by atoms with Crippen LogP contribution >= 0.6 is 0 Å². The molecule has 1 saturated heterocycles. The molecule has 2 aromatic carbocycles. The largest absolute Gasteiger partial charge is 0.379 e. The van der Waals surface area contributed by atoms with E-state index in [1.165, 1.54) is 16.7 Å². The third kappa shape index (κ3) is 4.49. The molecule has 1 aliphatic heterocycles. The zero-order valence-corrected chi connectivity index (χ0v) is 17.8. The van der Waals surface area contributed by atoms with E-state index in [1.54, 1.807) is 37.3 Å². The number of rotatable bonds is 6. The Morgan fingerprint density at radius 1 is 1.16 bits per heavy atom. The van der Waals surface area contributed by atoms with Gasteiger partial charge in [0.1, 0.15) is 5.82 Å². The predicted molar refractivity (Wildman–Crippen MR) is 118 cm³/mol. The molecule has 2 heterocycles. The van der Waals surface area contributed by atoms with Gasteiger partial charge in [-0.2, -0.15) is 0 Å². The van der Waals surface area contributed by atoms with E-state index in [0.29, 0.717) is 56.0 Å². The SMILES string of the molecule is CCn1c(=O)c(=O)[nH]c2cc(C(=O)NC[C@H](c3ccc(F)cc3)N3CCOCC3)ccc21. The van der Waals surface area contributed by atoms with Crippen molar-refractivity contribution in [3.05, 3.63) is 80.1 Å². The molecule has 1 aromatic heterocycles. The van der Waals surface area contributed by atoms with Crippen LogP contribution in [-0.4, -0.2) is 53.2 Å². The fraction of sp³-hybridized carbons (Fsp3) is 0.348. The van der Waals surface area contributed by atoms with Gasteiger partial charge in [0.15, 0.2) is 0 Å². The maximum Gasteiger partial charge on any atom is 0.316 e. The molecule has 0 radical (unpaired) electrons. The fourth-order valence-electron chi connectivity index (χ4n) is 4.06. The van der Waals surface area contributed by atoms with Gasteiger partial charge in [0.25, 0.3) is 5.91 Å². The van der Waals surface area contributed by atoms with E-state index in [9.17, 15) is 18.8 Å². The van der Waals surface area contributed by atoms with Crippen LogP contribution in [0.1, 0.15) is 28.9 Å². The highest BCUT2D eigenvalue weighted by Gasteiger charge is 2.23. The molecule has 3 aromatic rings. The van der Waals surface area contributed by atoms with Crippen LogP contribution in [0.15, 0.2) is 52.1 Å². The van der Waals surface area contributed by atoms with Gasteiger partial charge in [-0.3, -0.25) is 19.3 Å². The summed E-state index contributed by atoms with van der Waals surface area (Å²) in [6.45, 7) is 5.08. The summed E-state index contributed by atoms with van der Waals surface area (Å²) in [5.74, 6) is -0.614. The van der Waals surface area contributed by atoms with Crippen LogP contribution in [-0.2, 0) is 11.3 Å². The molecule has 1 aliphatic rings. The standard InChI is InChI=1S/C23H25FN4O4/c1-2-28-19-8-5-16(13-18(19)26-22(30)23(28)31)21(29)25-14-20(27-9-11-32-12-10-27)15-3-6-17(24)7-4-15/h3-8,13,20H,2,9-12,14H2,1H3,(H,25,29)(H,26,30)/t20-/m1/s1. The highest BCUT2D eigenvalue weighted by molar-refractivity contribution is 5.97. The summed E-state index contributed by atoms with van der Waals surface area (Å²) >= 11 is 0. The van der Waals surface area contributed by atoms with Crippen molar-refractivity contribution in [2.75, 3.05) is 32.8 Å². The number of morpholine rings is 1. The first-order chi connectivity index (χ1) is 15.5. The van der Waals surface area contributed by atoms with Crippen molar-refractivity contribution < 1.29 is 13.9 Å². The van der Waals surface area contributed by atoms with Gasteiger partial charge in [-0.15, -0.1) is 0 Å². The Balaban J connectivity index is 1.56. The molecule has 0 spiro atoms. The Hall–Kier alpha value is -3.30. The lowest BCUT2D eigenvalue weighted by atomic mass is 10.0. The van der Waals surface area contributed by atoms with Crippen molar-refractivity contribution in [3.63, 3.8) is 0 Å². The molecule has 4 rings (SSSR count). The van der Waals surface area contributed by atoms with E-state index in [4.69, 9.17) is 4.74 Å². The van der Waals surface area contributed by atoms with Gasteiger partial charge < -0.3 is 19.6 Å². The highest BCUT2D eigenvalue weighted by atomic mass is 19.1. The van der Waals surface area contributed by atoms with Crippen LogP contribution < -0.4 is 16.4 Å². The normalized spacial score (nSPS) is 15.6. The number of carbonyl (C=O) groups is 1. The number of halogens is 1. The Morgan fingerprint density at radius 3 is 2.56 bits per heavy atom. The molecule has 9 heteroatoms. The minimum atomic E-state index is -0.722. The van der Waals surface area contributed by atoms with Crippen LogP contribution in [0.3, 0.4) is 0 Å². The Morgan fingerprint density at radius 2 is 1.88 bits per heavy atom. The molecule has 32 heavy (non-hydrogen) atoms.